The summed E-state index contributed by atoms with van der Waals surface area (Å²) in [5.41, 5.74) is 25.7. The highest BCUT2D eigenvalue weighted by Crippen LogP contribution is 2.38. The lowest BCUT2D eigenvalue weighted by Gasteiger charge is -2.12. The van der Waals surface area contributed by atoms with Crippen molar-refractivity contribution < 1.29 is 0 Å². The fourth-order valence-corrected chi connectivity index (χ4v) is 14.4. The summed E-state index contributed by atoms with van der Waals surface area (Å²) in [6, 6.07) is 119. The number of benzene rings is 10. The van der Waals surface area contributed by atoms with Gasteiger partial charge < -0.3 is 0 Å². The Labute approximate surface area is 633 Å². The van der Waals surface area contributed by atoms with E-state index in [9.17, 15) is 0 Å². The standard InChI is InChI=1S/C37H23N3.C34H22N4.C28H18N4/c1-2-8-30-24(6-1)11-14-27-7-5-9-31(37(27)30)28-15-12-25-17-19-32(39-35(25)22-28)29-16-13-26-18-20-34(40-36(26)23-29)33-10-3-4-21-38-33;1-2-18-36-31(8-1)32-16-14-24-10-12-28(21-34(24)38-32)30-15-13-23-9-11-27(20-33(23)37-30)25-5-3-6-26(19-25)29-7-4-17-35-22-29;1-3-15-29-23(5-1)21-9-7-19-11-13-24(31-27(19)17-21)22-10-8-20-12-14-26(32-28(20)18-22)25-6-2-4-16-30-25/h1-23H;1-22H;1-18H. The second-order valence-corrected chi connectivity index (χ2v) is 27.0. The summed E-state index contributed by atoms with van der Waals surface area (Å²) in [5, 5.41) is 11.6. The van der Waals surface area contributed by atoms with Crippen LogP contribution in [-0.4, -0.2) is 54.8 Å². The Kier molecular flexibility index (Phi) is 17.4. The van der Waals surface area contributed by atoms with Crippen LogP contribution in [0.4, 0.5) is 0 Å². The van der Waals surface area contributed by atoms with Gasteiger partial charge in [0.25, 0.3) is 0 Å². The van der Waals surface area contributed by atoms with Gasteiger partial charge in [-0.25, -0.2) is 29.9 Å². The summed E-state index contributed by atoms with van der Waals surface area (Å²) in [6.07, 6.45) is 10.9. The molecule has 0 bridgehead atoms. The highest BCUT2D eigenvalue weighted by molar-refractivity contribution is 6.15. The minimum atomic E-state index is 0.861. The van der Waals surface area contributed by atoms with Crippen molar-refractivity contribution in [3.8, 4) is 113 Å². The Balaban J connectivity index is 0.000000112. The first-order valence-corrected chi connectivity index (χ1v) is 36.5. The van der Waals surface area contributed by atoms with Gasteiger partial charge in [0.15, 0.2) is 0 Å². The van der Waals surface area contributed by atoms with E-state index in [0.29, 0.717) is 0 Å². The topological polar surface area (TPSA) is 142 Å². The maximum Gasteiger partial charge on any atom is 0.0893 e. The van der Waals surface area contributed by atoms with Crippen molar-refractivity contribution in [2.75, 3.05) is 0 Å². The molecule has 21 aromatic rings. The molecule has 0 saturated carbocycles. The molecule has 11 nitrogen and oxygen atoms in total. The van der Waals surface area contributed by atoms with Crippen molar-refractivity contribution >= 4 is 87.0 Å². The van der Waals surface area contributed by atoms with Crippen molar-refractivity contribution in [3.63, 3.8) is 0 Å². The number of hydrogen-bond donors (Lipinski definition) is 0. The fourth-order valence-electron chi connectivity index (χ4n) is 14.4. The first-order valence-electron chi connectivity index (χ1n) is 36.5. The summed E-state index contributed by atoms with van der Waals surface area (Å²) in [7, 11) is 0. The van der Waals surface area contributed by atoms with Crippen LogP contribution < -0.4 is 0 Å². The molecule has 0 saturated heterocycles. The molecule has 514 valence electrons. The third kappa shape index (κ3) is 13.5. The first kappa shape index (κ1) is 65.7. The van der Waals surface area contributed by atoms with Gasteiger partial charge in [0, 0.05) is 97.3 Å². The molecule has 0 fully saturated rings. The maximum atomic E-state index is 5.12. The Bertz CT molecular complexity index is 6910. The molecule has 0 aliphatic heterocycles. The van der Waals surface area contributed by atoms with Crippen LogP contribution >= 0.6 is 0 Å². The Morgan fingerprint density at radius 2 is 0.482 bits per heavy atom. The molecule has 10 aromatic carbocycles. The quantitative estimate of drug-likeness (QED) is 0.121. The van der Waals surface area contributed by atoms with Crippen molar-refractivity contribution in [2.45, 2.75) is 0 Å². The van der Waals surface area contributed by atoms with E-state index < -0.39 is 0 Å². The molecule has 0 unspecified atom stereocenters. The lowest BCUT2D eigenvalue weighted by atomic mass is 9.93. The molecular formula is C99H63N11. The lowest BCUT2D eigenvalue weighted by Crippen LogP contribution is -1.90. The molecule has 0 N–H and O–H groups in total. The van der Waals surface area contributed by atoms with Gasteiger partial charge in [-0.15, -0.1) is 0 Å². The zero-order chi connectivity index (χ0) is 73.1. The summed E-state index contributed by atoms with van der Waals surface area (Å²) in [5.74, 6) is 0. The molecule has 0 aliphatic rings. The van der Waals surface area contributed by atoms with E-state index in [4.69, 9.17) is 29.9 Å². The van der Waals surface area contributed by atoms with E-state index >= 15 is 0 Å². The van der Waals surface area contributed by atoms with Crippen molar-refractivity contribution in [1.29, 1.82) is 0 Å². The van der Waals surface area contributed by atoms with E-state index in [-0.39, 0.29) is 0 Å². The van der Waals surface area contributed by atoms with E-state index in [1.807, 2.05) is 109 Å². The molecule has 110 heavy (non-hydrogen) atoms. The van der Waals surface area contributed by atoms with Gasteiger partial charge in [0.05, 0.1) is 90.0 Å². The summed E-state index contributed by atoms with van der Waals surface area (Å²) in [6.45, 7) is 0. The molecule has 11 heterocycles. The minimum absolute atomic E-state index is 0.861. The minimum Gasteiger partial charge on any atom is -0.264 e. The largest absolute Gasteiger partial charge is 0.264 e. The maximum absolute atomic E-state index is 5.12. The third-order valence-corrected chi connectivity index (χ3v) is 20.1. The average Bonchev–Trinajstić information content (AvgIpc) is 0.766. The molecule has 0 amide bonds. The van der Waals surface area contributed by atoms with E-state index in [2.05, 4.69) is 274 Å². The van der Waals surface area contributed by atoms with Crippen molar-refractivity contribution in [1.82, 2.24) is 54.8 Å². The van der Waals surface area contributed by atoms with Gasteiger partial charge in [-0.2, -0.15) is 0 Å². The summed E-state index contributed by atoms with van der Waals surface area (Å²) >= 11 is 0. The number of aromatic nitrogens is 11. The van der Waals surface area contributed by atoms with Crippen LogP contribution in [0.15, 0.2) is 383 Å². The second-order valence-electron chi connectivity index (χ2n) is 27.0. The van der Waals surface area contributed by atoms with Crippen LogP contribution in [0.3, 0.4) is 0 Å². The van der Waals surface area contributed by atoms with Gasteiger partial charge in [-0.3, -0.25) is 24.9 Å². The third-order valence-electron chi connectivity index (χ3n) is 20.1. The predicted octanol–water partition coefficient (Wildman–Crippen LogP) is 24.3. The van der Waals surface area contributed by atoms with Crippen LogP contribution in [0.25, 0.3) is 200 Å². The van der Waals surface area contributed by atoms with Crippen LogP contribution in [0, 0.1) is 0 Å². The fraction of sp³-hybridized carbons (Fsp3) is 0. The van der Waals surface area contributed by atoms with Crippen molar-refractivity contribution in [2.24, 2.45) is 0 Å². The van der Waals surface area contributed by atoms with Crippen molar-refractivity contribution in [3.05, 3.63) is 383 Å². The van der Waals surface area contributed by atoms with Crippen LogP contribution in [0.5, 0.6) is 0 Å². The number of fused-ring (bicyclic) bond motifs is 9. The second kappa shape index (κ2) is 29.1. The predicted molar refractivity (Wildman–Crippen MR) is 449 cm³/mol. The number of pyridine rings is 11. The molecule has 21 rings (SSSR count). The summed E-state index contributed by atoms with van der Waals surface area (Å²) < 4.78 is 0. The van der Waals surface area contributed by atoms with Crippen LogP contribution in [0.2, 0.25) is 0 Å². The lowest BCUT2D eigenvalue weighted by molar-refractivity contribution is 1.28. The van der Waals surface area contributed by atoms with E-state index in [0.717, 1.165) is 167 Å². The van der Waals surface area contributed by atoms with Gasteiger partial charge in [-0.05, 0) is 183 Å². The molecule has 0 spiro atoms. The number of nitrogens with zero attached hydrogens (tertiary/aromatic N) is 11. The number of hydrogen-bond acceptors (Lipinski definition) is 11. The Morgan fingerprint density at radius 1 is 0.164 bits per heavy atom. The Morgan fingerprint density at radius 3 is 0.927 bits per heavy atom. The molecular weight excluding hydrogens is 1340 g/mol. The molecule has 11 heteroatoms. The van der Waals surface area contributed by atoms with Crippen LogP contribution in [-0.2, 0) is 0 Å². The highest BCUT2D eigenvalue weighted by atomic mass is 14.8. The van der Waals surface area contributed by atoms with Gasteiger partial charge >= 0.3 is 0 Å². The van der Waals surface area contributed by atoms with E-state index in [1.54, 1.807) is 24.8 Å². The smallest absolute Gasteiger partial charge is 0.0893 e. The molecule has 0 atom stereocenters. The normalized spacial score (nSPS) is 11.3. The van der Waals surface area contributed by atoms with Crippen LogP contribution in [0.1, 0.15) is 0 Å². The summed E-state index contributed by atoms with van der Waals surface area (Å²) in [4.78, 5) is 51.8. The SMILES string of the molecule is c1ccc(-c2ccc3ccc(-c4ccc5ccc(-c6cccc(-c7cccnc7)c6)cc5n4)cc3n2)nc1.c1ccc(-c2ccc3ccc(-c4ccc5ccc(-c6cccc7ccc8ccccc8c67)cc5n4)cc3n2)nc1.c1ccc(-c2ccc3ccc(-c4ccc5ccc(-c6ccccn6)nc5c4)nc3c2)nc1. The first-order chi connectivity index (χ1) is 54.4. The molecule has 11 aromatic heterocycles. The van der Waals surface area contributed by atoms with Gasteiger partial charge in [-0.1, -0.05) is 212 Å². The zero-order valence-corrected chi connectivity index (χ0v) is 59.3. The number of rotatable bonds is 10. The zero-order valence-electron chi connectivity index (χ0n) is 59.3. The molecule has 0 aliphatic carbocycles. The van der Waals surface area contributed by atoms with Gasteiger partial charge in [0.1, 0.15) is 0 Å². The van der Waals surface area contributed by atoms with Gasteiger partial charge in [0.2, 0.25) is 0 Å². The average molecular weight is 1410 g/mol. The molecule has 0 radical (unpaired) electrons. The highest BCUT2D eigenvalue weighted by Gasteiger charge is 2.15. The Hall–Kier alpha value is -15.1. The van der Waals surface area contributed by atoms with E-state index in [1.165, 1.54) is 32.7 Å². The monoisotopic (exact) mass is 1410 g/mol.